The van der Waals surface area contributed by atoms with Crippen LogP contribution in [0.5, 0.6) is 0 Å². The molecule has 15 heavy (non-hydrogen) atoms. The molecule has 1 aromatic carbocycles. The number of rotatable bonds is 4. The summed E-state index contributed by atoms with van der Waals surface area (Å²) in [5.41, 5.74) is 2.42. The van der Waals surface area contributed by atoms with Crippen LogP contribution in [0.2, 0.25) is 0 Å². The van der Waals surface area contributed by atoms with Crippen molar-refractivity contribution in [1.82, 2.24) is 5.32 Å². The molecule has 2 heteroatoms. The Balaban J connectivity index is 1.76. The van der Waals surface area contributed by atoms with Gasteiger partial charge in [0.15, 0.2) is 5.78 Å². The number of carbonyl (C=O) groups excluding carboxylic acids is 1. The summed E-state index contributed by atoms with van der Waals surface area (Å²) >= 11 is 0. The van der Waals surface area contributed by atoms with E-state index in [-0.39, 0.29) is 5.78 Å². The normalized spacial score (nSPS) is 15.2. The van der Waals surface area contributed by atoms with Gasteiger partial charge < -0.3 is 5.32 Å². The van der Waals surface area contributed by atoms with Crippen molar-refractivity contribution in [2.45, 2.75) is 19.3 Å². The van der Waals surface area contributed by atoms with Gasteiger partial charge in [0.1, 0.15) is 0 Å². The Hall–Kier alpha value is -1.57. The highest BCUT2D eigenvalue weighted by molar-refractivity contribution is 5.92. The Morgan fingerprint density at radius 1 is 1.13 bits per heavy atom. The van der Waals surface area contributed by atoms with Crippen LogP contribution in [0.15, 0.2) is 42.1 Å². The number of ketones is 1. The van der Waals surface area contributed by atoms with Crippen LogP contribution < -0.4 is 5.32 Å². The highest BCUT2D eigenvalue weighted by Crippen LogP contribution is 2.11. The maximum Gasteiger partial charge on any atom is 0.157 e. The quantitative estimate of drug-likeness (QED) is 0.808. The predicted octanol–water partition coefficient (Wildman–Crippen LogP) is 2.07. The molecule has 0 fully saturated rings. The third-order valence-electron chi connectivity index (χ3n) is 2.58. The molecule has 0 aromatic heterocycles. The van der Waals surface area contributed by atoms with Crippen molar-refractivity contribution in [3.05, 3.63) is 47.7 Å². The van der Waals surface area contributed by atoms with Crippen LogP contribution in [-0.4, -0.2) is 12.3 Å². The van der Waals surface area contributed by atoms with Gasteiger partial charge in [0, 0.05) is 24.7 Å². The minimum absolute atomic E-state index is 0.247. The minimum atomic E-state index is 0.247. The minimum Gasteiger partial charge on any atom is -0.388 e. The van der Waals surface area contributed by atoms with Gasteiger partial charge in [0.2, 0.25) is 0 Å². The number of allylic oxidation sites excluding steroid dienone is 2. The summed E-state index contributed by atoms with van der Waals surface area (Å²) in [6.45, 7) is 0.906. The maximum atomic E-state index is 11.0. The summed E-state index contributed by atoms with van der Waals surface area (Å²) in [4.78, 5) is 11.0. The largest absolute Gasteiger partial charge is 0.388 e. The second-order valence-electron chi connectivity index (χ2n) is 3.80. The molecule has 78 valence electrons. The molecule has 1 aromatic rings. The van der Waals surface area contributed by atoms with Crippen LogP contribution in [0, 0.1) is 0 Å². The van der Waals surface area contributed by atoms with Crippen LogP contribution in [0.4, 0.5) is 0 Å². The molecule has 1 aliphatic rings. The van der Waals surface area contributed by atoms with Crippen molar-refractivity contribution in [3.63, 3.8) is 0 Å². The number of benzene rings is 1. The molecule has 2 nitrogen and oxygen atoms in total. The average Bonchev–Trinajstić information content (AvgIpc) is 2.66. The molecule has 0 saturated heterocycles. The fraction of sp³-hybridized carbons (Fsp3) is 0.308. The lowest BCUT2D eigenvalue weighted by Crippen LogP contribution is -2.15. The lowest BCUT2D eigenvalue weighted by Gasteiger charge is -2.06. The zero-order valence-electron chi connectivity index (χ0n) is 8.70. The molecule has 0 spiro atoms. The number of carbonyl (C=O) groups is 1. The first-order valence-corrected chi connectivity index (χ1v) is 5.36. The fourth-order valence-electron chi connectivity index (χ4n) is 1.75. The van der Waals surface area contributed by atoms with Gasteiger partial charge in [0.05, 0.1) is 0 Å². The first-order valence-electron chi connectivity index (χ1n) is 5.36. The summed E-state index contributed by atoms with van der Waals surface area (Å²) in [6.07, 6.45) is 4.29. The molecule has 0 unspecified atom stereocenters. The molecule has 1 aliphatic carbocycles. The highest BCUT2D eigenvalue weighted by Gasteiger charge is 2.10. The first-order chi connectivity index (χ1) is 7.34. The van der Waals surface area contributed by atoms with E-state index in [0.29, 0.717) is 6.42 Å². The Kier molecular flexibility index (Phi) is 3.18. The van der Waals surface area contributed by atoms with E-state index in [2.05, 4.69) is 17.4 Å². The number of hydrogen-bond donors (Lipinski definition) is 1. The van der Waals surface area contributed by atoms with Crippen molar-refractivity contribution in [1.29, 1.82) is 0 Å². The van der Waals surface area contributed by atoms with Crippen molar-refractivity contribution in [3.8, 4) is 0 Å². The zero-order valence-corrected chi connectivity index (χ0v) is 8.70. The molecule has 0 atom stereocenters. The van der Waals surface area contributed by atoms with Crippen molar-refractivity contribution in [2.24, 2.45) is 0 Å². The Bertz CT molecular complexity index is 367. The van der Waals surface area contributed by atoms with Crippen molar-refractivity contribution >= 4 is 5.78 Å². The van der Waals surface area contributed by atoms with Gasteiger partial charge in [-0.2, -0.15) is 0 Å². The SMILES string of the molecule is O=C1C=C(NCCc2ccccc2)CC1. The van der Waals surface area contributed by atoms with Crippen LogP contribution in [0.25, 0.3) is 0 Å². The second-order valence-corrected chi connectivity index (χ2v) is 3.80. The maximum absolute atomic E-state index is 11.0. The highest BCUT2D eigenvalue weighted by atomic mass is 16.1. The molecule has 2 rings (SSSR count). The van der Waals surface area contributed by atoms with Crippen molar-refractivity contribution < 1.29 is 4.79 Å². The topological polar surface area (TPSA) is 29.1 Å². The third-order valence-corrected chi connectivity index (χ3v) is 2.58. The average molecular weight is 201 g/mol. The van der Waals surface area contributed by atoms with Crippen LogP contribution >= 0.6 is 0 Å². The standard InChI is InChI=1S/C13H15NO/c15-13-7-6-12(10-13)14-9-8-11-4-2-1-3-5-11/h1-5,10,14H,6-9H2. The molecular formula is C13H15NO. The van der Waals surface area contributed by atoms with E-state index in [1.807, 2.05) is 18.2 Å². The molecule has 0 bridgehead atoms. The smallest absolute Gasteiger partial charge is 0.157 e. The monoisotopic (exact) mass is 201 g/mol. The lowest BCUT2D eigenvalue weighted by atomic mass is 10.1. The summed E-state index contributed by atoms with van der Waals surface area (Å²) < 4.78 is 0. The molecule has 0 aliphatic heterocycles. The number of nitrogens with one attached hydrogen (secondary N) is 1. The van der Waals surface area contributed by atoms with Gasteiger partial charge >= 0.3 is 0 Å². The summed E-state index contributed by atoms with van der Waals surface area (Å²) in [6, 6.07) is 10.4. The van der Waals surface area contributed by atoms with E-state index in [0.717, 1.165) is 25.1 Å². The Labute approximate surface area is 90.0 Å². The Morgan fingerprint density at radius 2 is 1.93 bits per heavy atom. The zero-order chi connectivity index (χ0) is 10.5. The third kappa shape index (κ3) is 2.94. The first kappa shape index (κ1) is 9.97. The van der Waals surface area contributed by atoms with E-state index < -0.39 is 0 Å². The molecule has 0 saturated carbocycles. The summed E-state index contributed by atoms with van der Waals surface area (Å²) in [7, 11) is 0. The summed E-state index contributed by atoms with van der Waals surface area (Å²) in [5.74, 6) is 0.247. The van der Waals surface area contributed by atoms with Crippen molar-refractivity contribution in [2.75, 3.05) is 6.54 Å². The van der Waals surface area contributed by atoms with E-state index >= 15 is 0 Å². The molecule has 1 N–H and O–H groups in total. The molecule has 0 amide bonds. The van der Waals surface area contributed by atoms with Gasteiger partial charge in [-0.1, -0.05) is 30.3 Å². The predicted molar refractivity (Wildman–Crippen MR) is 60.5 cm³/mol. The van der Waals surface area contributed by atoms with Crippen LogP contribution in [-0.2, 0) is 11.2 Å². The fourth-order valence-corrected chi connectivity index (χ4v) is 1.75. The van der Waals surface area contributed by atoms with Gasteiger partial charge in [-0.15, -0.1) is 0 Å². The van der Waals surface area contributed by atoms with Crippen LogP contribution in [0.3, 0.4) is 0 Å². The molecular weight excluding hydrogens is 186 g/mol. The van der Waals surface area contributed by atoms with Gasteiger partial charge in [0.25, 0.3) is 0 Å². The van der Waals surface area contributed by atoms with Gasteiger partial charge in [-0.05, 0) is 18.4 Å². The van der Waals surface area contributed by atoms with Crippen LogP contribution in [0.1, 0.15) is 18.4 Å². The van der Waals surface area contributed by atoms with E-state index in [9.17, 15) is 4.79 Å². The molecule has 0 heterocycles. The molecule has 0 radical (unpaired) electrons. The summed E-state index contributed by atoms with van der Waals surface area (Å²) in [5, 5.41) is 3.30. The van der Waals surface area contributed by atoms with E-state index in [1.54, 1.807) is 6.08 Å². The van der Waals surface area contributed by atoms with E-state index in [4.69, 9.17) is 0 Å². The number of hydrogen-bond acceptors (Lipinski definition) is 2. The van der Waals surface area contributed by atoms with Gasteiger partial charge in [-0.3, -0.25) is 4.79 Å². The second kappa shape index (κ2) is 4.78. The Morgan fingerprint density at radius 3 is 2.60 bits per heavy atom. The lowest BCUT2D eigenvalue weighted by molar-refractivity contribution is -0.114. The van der Waals surface area contributed by atoms with Gasteiger partial charge in [-0.25, -0.2) is 0 Å². The van der Waals surface area contributed by atoms with E-state index in [1.165, 1.54) is 5.56 Å².